The lowest BCUT2D eigenvalue weighted by molar-refractivity contribution is 0.110. The summed E-state index contributed by atoms with van der Waals surface area (Å²) in [6.07, 6.45) is 5.23. The third-order valence-corrected chi connectivity index (χ3v) is 6.15. The fourth-order valence-electron chi connectivity index (χ4n) is 3.25. The van der Waals surface area contributed by atoms with Crippen LogP contribution in [0.3, 0.4) is 0 Å². The summed E-state index contributed by atoms with van der Waals surface area (Å²) in [6.45, 7) is 2.83. The summed E-state index contributed by atoms with van der Waals surface area (Å²) in [4.78, 5) is 0.383. The first-order chi connectivity index (χ1) is 9.51. The van der Waals surface area contributed by atoms with Crippen LogP contribution in [0.2, 0.25) is 0 Å². The molecule has 108 valence electrons. The number of rotatable bonds is 3. The second kappa shape index (κ2) is 5.01. The third kappa shape index (κ3) is 2.42. The Labute approximate surface area is 120 Å². The second-order valence-electron chi connectivity index (χ2n) is 6.01. The molecule has 3 nitrogen and oxygen atoms in total. The maximum Gasteiger partial charge on any atom is 0.181 e. The molecule has 20 heavy (non-hydrogen) atoms. The van der Waals surface area contributed by atoms with E-state index < -0.39 is 9.84 Å². The van der Waals surface area contributed by atoms with Crippen molar-refractivity contribution in [3.63, 3.8) is 0 Å². The predicted molar refractivity (Wildman–Crippen MR) is 78.3 cm³/mol. The Bertz CT molecular complexity index is 618. The second-order valence-corrected chi connectivity index (χ2v) is 8.04. The molecule has 2 atom stereocenters. The molecule has 2 aliphatic rings. The number of allylic oxidation sites excluding steroid dienone is 1. The Balaban J connectivity index is 1.84. The van der Waals surface area contributed by atoms with Gasteiger partial charge in [-0.25, -0.2) is 8.42 Å². The summed E-state index contributed by atoms with van der Waals surface area (Å²) in [5.41, 5.74) is 1.25. The highest BCUT2D eigenvalue weighted by molar-refractivity contribution is 7.91. The van der Waals surface area contributed by atoms with E-state index in [4.69, 9.17) is 4.74 Å². The standard InChI is InChI=1S/C16H20O3S/c1-16-10-6-5-9-14(16)15(19-12-16)11-20(17,18)13-7-3-2-4-8-13/h2-4,7-9,15H,5-6,10-12H2,1H3/t15?,16-/m1/s1. The lowest BCUT2D eigenvalue weighted by Crippen LogP contribution is -2.27. The maximum absolute atomic E-state index is 12.5. The van der Waals surface area contributed by atoms with Gasteiger partial charge in [0.1, 0.15) is 0 Å². The Morgan fingerprint density at radius 3 is 2.80 bits per heavy atom. The zero-order valence-electron chi connectivity index (χ0n) is 11.7. The van der Waals surface area contributed by atoms with Crippen LogP contribution in [0, 0.1) is 5.41 Å². The van der Waals surface area contributed by atoms with Crippen molar-refractivity contribution in [2.75, 3.05) is 12.4 Å². The van der Waals surface area contributed by atoms with E-state index >= 15 is 0 Å². The third-order valence-electron chi connectivity index (χ3n) is 4.42. The van der Waals surface area contributed by atoms with Gasteiger partial charge in [0, 0.05) is 5.41 Å². The van der Waals surface area contributed by atoms with Crippen molar-refractivity contribution in [3.8, 4) is 0 Å². The molecule has 4 heteroatoms. The van der Waals surface area contributed by atoms with Crippen molar-refractivity contribution in [2.24, 2.45) is 5.41 Å². The summed E-state index contributed by atoms with van der Waals surface area (Å²) >= 11 is 0. The zero-order chi connectivity index (χ0) is 14.2. The molecule has 1 aromatic rings. The molecule has 0 N–H and O–H groups in total. The van der Waals surface area contributed by atoms with Gasteiger partial charge in [-0.05, 0) is 37.0 Å². The van der Waals surface area contributed by atoms with Gasteiger partial charge >= 0.3 is 0 Å². The first kappa shape index (κ1) is 13.8. The lowest BCUT2D eigenvalue weighted by Gasteiger charge is -2.29. The minimum absolute atomic E-state index is 0.0507. The van der Waals surface area contributed by atoms with E-state index in [1.165, 1.54) is 12.0 Å². The topological polar surface area (TPSA) is 43.4 Å². The number of ether oxygens (including phenoxy) is 1. The fraction of sp³-hybridized carbons (Fsp3) is 0.500. The van der Waals surface area contributed by atoms with Gasteiger partial charge in [-0.3, -0.25) is 0 Å². The van der Waals surface area contributed by atoms with Crippen molar-refractivity contribution >= 4 is 9.84 Å². The summed E-state index contributed by atoms with van der Waals surface area (Å²) < 4.78 is 30.7. The number of hydrogen-bond donors (Lipinski definition) is 0. The molecule has 1 aromatic carbocycles. The Morgan fingerprint density at radius 2 is 2.05 bits per heavy atom. The SMILES string of the molecule is C[C@]12CCCC=C1C(CS(=O)(=O)c1ccccc1)OC2. The van der Waals surface area contributed by atoms with Crippen LogP contribution in [-0.4, -0.2) is 26.9 Å². The van der Waals surface area contributed by atoms with Gasteiger partial charge in [-0.2, -0.15) is 0 Å². The molecule has 0 radical (unpaired) electrons. The van der Waals surface area contributed by atoms with Crippen molar-refractivity contribution in [2.45, 2.75) is 37.2 Å². The van der Waals surface area contributed by atoms with Crippen LogP contribution in [0.4, 0.5) is 0 Å². The Kier molecular flexibility index (Phi) is 3.46. The van der Waals surface area contributed by atoms with E-state index in [9.17, 15) is 8.42 Å². The smallest absolute Gasteiger partial charge is 0.181 e. The first-order valence-electron chi connectivity index (χ1n) is 7.11. The minimum Gasteiger partial charge on any atom is -0.372 e. The molecule has 1 heterocycles. The van der Waals surface area contributed by atoms with Crippen molar-refractivity contribution in [1.29, 1.82) is 0 Å². The van der Waals surface area contributed by atoms with Gasteiger partial charge in [0.15, 0.2) is 9.84 Å². The highest BCUT2D eigenvalue weighted by atomic mass is 32.2. The van der Waals surface area contributed by atoms with Crippen LogP contribution in [0.25, 0.3) is 0 Å². The summed E-state index contributed by atoms with van der Waals surface area (Å²) in [6, 6.07) is 8.64. The number of sulfone groups is 1. The van der Waals surface area contributed by atoms with Gasteiger partial charge < -0.3 is 4.74 Å². The highest BCUT2D eigenvalue weighted by Gasteiger charge is 2.43. The van der Waals surface area contributed by atoms with Gasteiger partial charge in [-0.15, -0.1) is 0 Å². The van der Waals surface area contributed by atoms with E-state index in [1.54, 1.807) is 24.3 Å². The molecule has 1 fully saturated rings. The van der Waals surface area contributed by atoms with E-state index in [0.29, 0.717) is 11.5 Å². The van der Waals surface area contributed by atoms with Crippen LogP contribution >= 0.6 is 0 Å². The van der Waals surface area contributed by atoms with E-state index in [2.05, 4.69) is 13.0 Å². The van der Waals surface area contributed by atoms with E-state index in [1.807, 2.05) is 6.07 Å². The van der Waals surface area contributed by atoms with E-state index in [0.717, 1.165) is 12.8 Å². The average molecular weight is 292 g/mol. The van der Waals surface area contributed by atoms with Crippen LogP contribution in [0.1, 0.15) is 26.2 Å². The quantitative estimate of drug-likeness (QED) is 0.804. The normalized spacial score (nSPS) is 29.9. The molecule has 0 aromatic heterocycles. The van der Waals surface area contributed by atoms with Crippen LogP contribution in [0.5, 0.6) is 0 Å². The molecule has 1 aliphatic carbocycles. The van der Waals surface area contributed by atoms with Crippen molar-refractivity contribution < 1.29 is 13.2 Å². The molecule has 1 saturated heterocycles. The van der Waals surface area contributed by atoms with Crippen LogP contribution in [-0.2, 0) is 14.6 Å². The van der Waals surface area contributed by atoms with Gasteiger partial charge in [0.2, 0.25) is 0 Å². The lowest BCUT2D eigenvalue weighted by atomic mass is 9.75. The Hall–Kier alpha value is -1.13. The molecule has 0 bridgehead atoms. The molecular formula is C16H20O3S. The molecule has 1 unspecified atom stereocenters. The number of fused-ring (bicyclic) bond motifs is 1. The molecule has 3 rings (SSSR count). The monoisotopic (exact) mass is 292 g/mol. The summed E-state index contributed by atoms with van der Waals surface area (Å²) in [5, 5.41) is 0. The fourth-order valence-corrected chi connectivity index (χ4v) is 4.69. The molecule has 1 aliphatic heterocycles. The number of hydrogen-bond acceptors (Lipinski definition) is 3. The van der Waals surface area contributed by atoms with Crippen LogP contribution < -0.4 is 0 Å². The van der Waals surface area contributed by atoms with Gasteiger partial charge in [-0.1, -0.05) is 31.2 Å². The molecule has 0 saturated carbocycles. The van der Waals surface area contributed by atoms with Crippen LogP contribution in [0.15, 0.2) is 46.9 Å². The molecule has 0 amide bonds. The predicted octanol–water partition coefficient (Wildman–Crippen LogP) is 2.98. The maximum atomic E-state index is 12.5. The van der Waals surface area contributed by atoms with E-state index in [-0.39, 0.29) is 17.3 Å². The van der Waals surface area contributed by atoms with Gasteiger partial charge in [0.05, 0.1) is 23.4 Å². The van der Waals surface area contributed by atoms with Crippen molar-refractivity contribution in [1.82, 2.24) is 0 Å². The highest BCUT2D eigenvalue weighted by Crippen LogP contribution is 2.45. The largest absolute Gasteiger partial charge is 0.372 e. The zero-order valence-corrected chi connectivity index (χ0v) is 12.5. The van der Waals surface area contributed by atoms with Crippen molar-refractivity contribution in [3.05, 3.63) is 42.0 Å². The Morgan fingerprint density at radius 1 is 1.30 bits per heavy atom. The average Bonchev–Trinajstić information content (AvgIpc) is 2.77. The molecular weight excluding hydrogens is 272 g/mol. The minimum atomic E-state index is -3.29. The summed E-state index contributed by atoms with van der Waals surface area (Å²) in [5.74, 6) is 0.0540. The molecule has 0 spiro atoms. The summed E-state index contributed by atoms with van der Waals surface area (Å²) in [7, 11) is -3.29. The van der Waals surface area contributed by atoms with Gasteiger partial charge in [0.25, 0.3) is 0 Å². The number of benzene rings is 1. The first-order valence-corrected chi connectivity index (χ1v) is 8.76.